The molecule has 2 rings (SSSR count). The molecule has 0 aliphatic carbocycles. The Bertz CT molecular complexity index is 910. The molecule has 0 aliphatic heterocycles. The second-order valence-corrected chi connectivity index (χ2v) is 7.20. The maximum atomic E-state index is 12.9. The van der Waals surface area contributed by atoms with Crippen LogP contribution < -0.4 is 5.32 Å². The van der Waals surface area contributed by atoms with Crippen LogP contribution in [-0.2, 0) is 34.8 Å². The number of hydrogen-bond donors (Lipinski definition) is 2. The first-order valence-corrected chi connectivity index (χ1v) is 9.10. The third-order valence-corrected chi connectivity index (χ3v) is 4.80. The highest BCUT2D eigenvalue weighted by molar-refractivity contribution is 9.10. The number of benzene rings is 2. The molecule has 0 bridgehead atoms. The Kier molecular flexibility index (Phi) is 7.17. The number of carbonyl (C=O) groups is 2. The van der Waals surface area contributed by atoms with Crippen LogP contribution in [0.3, 0.4) is 0 Å². The molecule has 0 aliphatic rings. The summed E-state index contributed by atoms with van der Waals surface area (Å²) in [7, 11) is 0. The van der Waals surface area contributed by atoms with Gasteiger partial charge in [-0.05, 0) is 35.4 Å². The average molecular weight is 498 g/mol. The molecule has 0 heterocycles. The van der Waals surface area contributed by atoms with Gasteiger partial charge in [0.15, 0.2) is 0 Å². The minimum absolute atomic E-state index is 0.0472. The van der Waals surface area contributed by atoms with Gasteiger partial charge in [-0.25, -0.2) is 4.79 Å². The monoisotopic (exact) mass is 497 g/mol. The molecule has 1 amide bonds. The van der Waals surface area contributed by atoms with Gasteiger partial charge in [-0.2, -0.15) is 26.3 Å². The number of amides is 1. The predicted octanol–water partition coefficient (Wildman–Crippen LogP) is 4.84. The quantitative estimate of drug-likeness (QED) is 0.561. The number of carboxylic acids is 1. The zero-order chi connectivity index (χ0) is 22.7. The van der Waals surface area contributed by atoms with Crippen LogP contribution in [0.2, 0.25) is 0 Å². The number of halogens is 7. The van der Waals surface area contributed by atoms with Gasteiger partial charge >= 0.3 is 18.3 Å². The zero-order valence-corrected chi connectivity index (χ0v) is 16.5. The smallest absolute Gasteiger partial charge is 0.416 e. The van der Waals surface area contributed by atoms with E-state index in [1.165, 1.54) is 0 Å². The molecule has 0 aromatic heterocycles. The van der Waals surface area contributed by atoms with Crippen molar-refractivity contribution in [1.82, 2.24) is 5.32 Å². The lowest BCUT2D eigenvalue weighted by Gasteiger charge is -2.17. The summed E-state index contributed by atoms with van der Waals surface area (Å²) in [5.41, 5.74) is -3.10. The number of carboxylic acid groups (broad SMARTS) is 1. The van der Waals surface area contributed by atoms with Gasteiger partial charge in [0, 0.05) is 10.9 Å². The fourth-order valence-electron chi connectivity index (χ4n) is 2.64. The third-order valence-electron chi connectivity index (χ3n) is 4.03. The van der Waals surface area contributed by atoms with Crippen molar-refractivity contribution < 1.29 is 41.0 Å². The SMILES string of the molecule is O=C(Cc1cc(C(F)(F)F)cc(C(F)(F)F)c1)N[C@@H](Cc1ccccc1Br)C(=O)O. The van der Waals surface area contributed by atoms with E-state index >= 15 is 0 Å². The lowest BCUT2D eigenvalue weighted by atomic mass is 10.0. The topological polar surface area (TPSA) is 66.4 Å². The molecule has 0 fully saturated rings. The highest BCUT2D eigenvalue weighted by atomic mass is 79.9. The largest absolute Gasteiger partial charge is 0.480 e. The van der Waals surface area contributed by atoms with E-state index in [0.29, 0.717) is 22.2 Å². The van der Waals surface area contributed by atoms with Crippen molar-refractivity contribution in [3.63, 3.8) is 0 Å². The Morgan fingerprint density at radius 1 is 0.967 bits per heavy atom. The fourth-order valence-corrected chi connectivity index (χ4v) is 3.08. The van der Waals surface area contributed by atoms with Crippen molar-refractivity contribution in [3.05, 3.63) is 69.2 Å². The Balaban J connectivity index is 2.23. The molecule has 30 heavy (non-hydrogen) atoms. The first kappa shape index (κ1) is 23.7. The molecule has 1 atom stereocenters. The van der Waals surface area contributed by atoms with E-state index in [1.54, 1.807) is 24.3 Å². The van der Waals surface area contributed by atoms with Gasteiger partial charge in [0.05, 0.1) is 17.5 Å². The molecule has 2 aromatic carbocycles. The first-order valence-electron chi connectivity index (χ1n) is 8.31. The number of alkyl halides is 6. The van der Waals surface area contributed by atoms with Crippen LogP contribution in [-0.4, -0.2) is 23.0 Å². The van der Waals surface area contributed by atoms with E-state index in [2.05, 4.69) is 21.2 Å². The Hall–Kier alpha value is -2.56. The third kappa shape index (κ3) is 6.48. The number of aliphatic carboxylic acids is 1. The second-order valence-electron chi connectivity index (χ2n) is 6.34. The summed E-state index contributed by atoms with van der Waals surface area (Å²) in [4.78, 5) is 23.6. The Labute approximate surface area is 175 Å². The molecular formula is C19H14BrF6NO3. The van der Waals surface area contributed by atoms with Gasteiger partial charge in [-0.3, -0.25) is 4.79 Å². The summed E-state index contributed by atoms with van der Waals surface area (Å²) in [5.74, 6) is -2.43. The number of rotatable bonds is 6. The normalized spacial score (nSPS) is 13.0. The minimum Gasteiger partial charge on any atom is -0.480 e. The summed E-state index contributed by atoms with van der Waals surface area (Å²) in [6, 6.07) is 5.97. The first-order chi connectivity index (χ1) is 13.8. The Morgan fingerprint density at radius 3 is 1.97 bits per heavy atom. The summed E-state index contributed by atoms with van der Waals surface area (Å²) >= 11 is 3.23. The van der Waals surface area contributed by atoms with Gasteiger partial charge < -0.3 is 10.4 Å². The second kappa shape index (κ2) is 9.07. The highest BCUT2D eigenvalue weighted by Crippen LogP contribution is 2.36. The van der Waals surface area contributed by atoms with E-state index in [9.17, 15) is 41.0 Å². The molecule has 0 spiro atoms. The van der Waals surface area contributed by atoms with E-state index < -0.39 is 53.4 Å². The summed E-state index contributed by atoms with van der Waals surface area (Å²) in [6.07, 6.45) is -11.1. The maximum absolute atomic E-state index is 12.9. The molecular weight excluding hydrogens is 484 g/mol. The van der Waals surface area contributed by atoms with Crippen LogP contribution in [0.5, 0.6) is 0 Å². The van der Waals surface area contributed by atoms with Crippen molar-refractivity contribution >= 4 is 27.8 Å². The van der Waals surface area contributed by atoms with Crippen molar-refractivity contribution in [2.24, 2.45) is 0 Å². The predicted molar refractivity (Wildman–Crippen MR) is 97.6 cm³/mol. The molecule has 0 radical (unpaired) electrons. The maximum Gasteiger partial charge on any atom is 0.416 e. The summed E-state index contributed by atoms with van der Waals surface area (Å²) in [6.45, 7) is 0. The highest BCUT2D eigenvalue weighted by Gasteiger charge is 2.37. The molecule has 0 unspecified atom stereocenters. The zero-order valence-electron chi connectivity index (χ0n) is 14.9. The number of nitrogens with one attached hydrogen (secondary N) is 1. The van der Waals surface area contributed by atoms with E-state index in [1.807, 2.05) is 0 Å². The van der Waals surface area contributed by atoms with E-state index in [0.717, 1.165) is 0 Å². The van der Waals surface area contributed by atoms with E-state index in [4.69, 9.17) is 0 Å². The molecule has 0 saturated carbocycles. The van der Waals surface area contributed by atoms with Crippen LogP contribution in [0, 0.1) is 0 Å². The van der Waals surface area contributed by atoms with Gasteiger partial charge in [-0.15, -0.1) is 0 Å². The molecule has 0 saturated heterocycles. The molecule has 11 heteroatoms. The van der Waals surface area contributed by atoms with Crippen LogP contribution in [0.15, 0.2) is 46.9 Å². The van der Waals surface area contributed by atoms with Crippen molar-refractivity contribution in [3.8, 4) is 0 Å². The number of hydrogen-bond acceptors (Lipinski definition) is 2. The van der Waals surface area contributed by atoms with Crippen LogP contribution in [0.25, 0.3) is 0 Å². The average Bonchev–Trinajstić information content (AvgIpc) is 2.61. The van der Waals surface area contributed by atoms with Gasteiger partial charge in [0.2, 0.25) is 5.91 Å². The van der Waals surface area contributed by atoms with Crippen LogP contribution in [0.1, 0.15) is 22.3 Å². The standard InChI is InChI=1S/C19H14BrF6NO3/c20-14-4-2-1-3-11(14)8-15(17(29)30)27-16(28)7-10-5-12(18(21,22)23)9-13(6-10)19(24,25)26/h1-6,9,15H,7-8H2,(H,27,28)(H,29,30)/t15-/m0/s1. The van der Waals surface area contributed by atoms with Gasteiger partial charge in [0.1, 0.15) is 6.04 Å². The molecule has 162 valence electrons. The van der Waals surface area contributed by atoms with Crippen LogP contribution >= 0.6 is 15.9 Å². The van der Waals surface area contributed by atoms with Gasteiger partial charge in [-0.1, -0.05) is 34.1 Å². The lowest BCUT2D eigenvalue weighted by Crippen LogP contribution is -2.43. The van der Waals surface area contributed by atoms with E-state index in [-0.39, 0.29) is 12.5 Å². The summed E-state index contributed by atoms with van der Waals surface area (Å²) < 4.78 is 78.1. The minimum atomic E-state index is -5.05. The molecule has 4 nitrogen and oxygen atoms in total. The number of carbonyl (C=O) groups excluding carboxylic acids is 1. The van der Waals surface area contributed by atoms with Crippen molar-refractivity contribution in [2.45, 2.75) is 31.2 Å². The van der Waals surface area contributed by atoms with Crippen molar-refractivity contribution in [2.75, 3.05) is 0 Å². The lowest BCUT2D eigenvalue weighted by molar-refractivity contribution is -0.143. The molecule has 2 aromatic rings. The summed E-state index contributed by atoms with van der Waals surface area (Å²) in [5, 5.41) is 11.4. The fraction of sp³-hybridized carbons (Fsp3) is 0.263. The van der Waals surface area contributed by atoms with Gasteiger partial charge in [0.25, 0.3) is 0 Å². The molecule has 2 N–H and O–H groups in total. The Morgan fingerprint density at radius 2 is 1.50 bits per heavy atom. The van der Waals surface area contributed by atoms with Crippen LogP contribution in [0.4, 0.5) is 26.3 Å². The van der Waals surface area contributed by atoms with Crippen molar-refractivity contribution in [1.29, 1.82) is 0 Å².